The van der Waals surface area contributed by atoms with E-state index in [1.54, 1.807) is 36.4 Å². The summed E-state index contributed by atoms with van der Waals surface area (Å²) < 4.78 is 15.8. The molecule has 2 aromatic carbocycles. The number of carbonyl (C=O) groups is 2. The Morgan fingerprint density at radius 3 is 2.31 bits per heavy atom. The number of nitrogens with one attached hydrogen (secondary N) is 1. The van der Waals surface area contributed by atoms with Crippen LogP contribution in [0.5, 0.6) is 5.75 Å². The van der Waals surface area contributed by atoms with Crippen molar-refractivity contribution in [2.45, 2.75) is 20.0 Å². The molecule has 7 heteroatoms. The van der Waals surface area contributed by atoms with E-state index in [4.69, 9.17) is 14.2 Å². The van der Waals surface area contributed by atoms with Crippen LogP contribution in [0.3, 0.4) is 0 Å². The fourth-order valence-electron chi connectivity index (χ4n) is 3.11. The Hall–Kier alpha value is -3.06. The van der Waals surface area contributed by atoms with Gasteiger partial charge >= 0.3 is 5.97 Å². The maximum absolute atomic E-state index is 12.8. The molecular formula is C22H26N2O5. The first-order chi connectivity index (χ1) is 14.0. The normalized spacial score (nSPS) is 13.9. The lowest BCUT2D eigenvalue weighted by Crippen LogP contribution is -2.36. The fraction of sp³-hybridized carbons (Fsp3) is 0.364. The second-order valence-corrected chi connectivity index (χ2v) is 6.97. The molecule has 0 atom stereocenters. The number of nitrogens with zero attached hydrogens (tertiary/aromatic N) is 1. The maximum atomic E-state index is 12.8. The summed E-state index contributed by atoms with van der Waals surface area (Å²) in [4.78, 5) is 26.9. The molecule has 154 valence electrons. The summed E-state index contributed by atoms with van der Waals surface area (Å²) in [6.45, 7) is 6.54. The number of hydrogen-bond donors (Lipinski definition) is 1. The predicted molar refractivity (Wildman–Crippen MR) is 111 cm³/mol. The van der Waals surface area contributed by atoms with Gasteiger partial charge in [-0.25, -0.2) is 4.79 Å². The van der Waals surface area contributed by atoms with Crippen molar-refractivity contribution in [3.05, 3.63) is 53.6 Å². The fourth-order valence-corrected chi connectivity index (χ4v) is 3.11. The highest BCUT2D eigenvalue weighted by molar-refractivity contribution is 6.07. The van der Waals surface area contributed by atoms with Crippen molar-refractivity contribution in [2.75, 3.05) is 43.6 Å². The standard InChI is InChI=1S/C22H26N2O5/c1-15(2)29-18-7-4-16(5-8-18)21(25)23-19-14-17(22(26)27-3)6-9-20(19)24-10-12-28-13-11-24/h4-9,14-15H,10-13H2,1-3H3,(H,23,25). The summed E-state index contributed by atoms with van der Waals surface area (Å²) in [5.74, 6) is -0.0138. The molecular weight excluding hydrogens is 372 g/mol. The van der Waals surface area contributed by atoms with Crippen molar-refractivity contribution in [3.8, 4) is 5.75 Å². The van der Waals surface area contributed by atoms with E-state index in [1.807, 2.05) is 19.9 Å². The number of methoxy groups -OCH3 is 1. The predicted octanol–water partition coefficient (Wildman–Crippen LogP) is 3.35. The molecule has 0 bridgehead atoms. The lowest BCUT2D eigenvalue weighted by atomic mass is 10.1. The first kappa shape index (κ1) is 20.7. The Balaban J connectivity index is 1.84. The van der Waals surface area contributed by atoms with E-state index in [9.17, 15) is 9.59 Å². The molecule has 0 radical (unpaired) electrons. The third-order valence-corrected chi connectivity index (χ3v) is 4.51. The van der Waals surface area contributed by atoms with E-state index in [1.165, 1.54) is 7.11 Å². The van der Waals surface area contributed by atoms with Gasteiger partial charge in [-0.2, -0.15) is 0 Å². The van der Waals surface area contributed by atoms with Crippen molar-refractivity contribution in [2.24, 2.45) is 0 Å². The topological polar surface area (TPSA) is 77.1 Å². The molecule has 1 saturated heterocycles. The third-order valence-electron chi connectivity index (χ3n) is 4.51. The molecule has 1 heterocycles. The van der Waals surface area contributed by atoms with Crippen LogP contribution in [0.4, 0.5) is 11.4 Å². The molecule has 3 rings (SSSR count). The van der Waals surface area contributed by atoms with Gasteiger partial charge in [-0.1, -0.05) is 0 Å². The smallest absolute Gasteiger partial charge is 0.337 e. The van der Waals surface area contributed by atoms with Gasteiger partial charge in [0.05, 0.1) is 43.4 Å². The van der Waals surface area contributed by atoms with Crippen LogP contribution in [0.15, 0.2) is 42.5 Å². The lowest BCUT2D eigenvalue weighted by Gasteiger charge is -2.30. The summed E-state index contributed by atoms with van der Waals surface area (Å²) in [5.41, 5.74) is 2.27. The molecule has 0 aliphatic carbocycles. The van der Waals surface area contributed by atoms with Crippen LogP contribution in [0.25, 0.3) is 0 Å². The summed E-state index contributed by atoms with van der Waals surface area (Å²) in [5, 5.41) is 2.93. The van der Waals surface area contributed by atoms with Gasteiger partial charge in [0, 0.05) is 18.7 Å². The average molecular weight is 398 g/mol. The minimum Gasteiger partial charge on any atom is -0.491 e. The number of amides is 1. The first-order valence-corrected chi connectivity index (χ1v) is 9.61. The van der Waals surface area contributed by atoms with Crippen LogP contribution in [-0.4, -0.2) is 51.4 Å². The number of hydrogen-bond acceptors (Lipinski definition) is 6. The van der Waals surface area contributed by atoms with Gasteiger partial charge in [-0.15, -0.1) is 0 Å². The van der Waals surface area contributed by atoms with Crippen LogP contribution in [0.2, 0.25) is 0 Å². The number of benzene rings is 2. The van der Waals surface area contributed by atoms with E-state index in [0.29, 0.717) is 48.9 Å². The van der Waals surface area contributed by atoms with Gasteiger partial charge < -0.3 is 24.4 Å². The van der Waals surface area contributed by atoms with Crippen molar-refractivity contribution in [1.82, 2.24) is 0 Å². The minimum atomic E-state index is -0.454. The van der Waals surface area contributed by atoms with Gasteiger partial charge in [0.25, 0.3) is 5.91 Å². The largest absolute Gasteiger partial charge is 0.491 e. The summed E-state index contributed by atoms with van der Waals surface area (Å²) >= 11 is 0. The minimum absolute atomic E-state index is 0.0619. The molecule has 1 N–H and O–H groups in total. The zero-order valence-corrected chi connectivity index (χ0v) is 16.9. The van der Waals surface area contributed by atoms with Crippen LogP contribution < -0.4 is 15.0 Å². The first-order valence-electron chi connectivity index (χ1n) is 9.61. The Morgan fingerprint density at radius 2 is 1.69 bits per heavy atom. The molecule has 1 aliphatic heterocycles. The Labute approximate surface area is 170 Å². The highest BCUT2D eigenvalue weighted by atomic mass is 16.5. The van der Waals surface area contributed by atoms with Crippen molar-refractivity contribution < 1.29 is 23.8 Å². The van der Waals surface area contributed by atoms with Crippen LogP contribution in [0.1, 0.15) is 34.6 Å². The summed E-state index contributed by atoms with van der Waals surface area (Å²) in [6.07, 6.45) is 0.0619. The molecule has 0 saturated carbocycles. The maximum Gasteiger partial charge on any atom is 0.337 e. The number of esters is 1. The Kier molecular flexibility index (Phi) is 6.72. The number of rotatable bonds is 6. The SMILES string of the molecule is COC(=O)c1ccc(N2CCOCC2)c(NC(=O)c2ccc(OC(C)C)cc2)c1. The summed E-state index contributed by atoms with van der Waals surface area (Å²) in [6, 6.07) is 12.1. The van der Waals surface area contributed by atoms with Crippen LogP contribution >= 0.6 is 0 Å². The van der Waals surface area contributed by atoms with E-state index < -0.39 is 5.97 Å². The van der Waals surface area contributed by atoms with Gasteiger partial charge in [0.2, 0.25) is 0 Å². The molecule has 0 unspecified atom stereocenters. The van der Waals surface area contributed by atoms with Crippen molar-refractivity contribution in [1.29, 1.82) is 0 Å². The van der Waals surface area contributed by atoms with Gasteiger partial charge in [-0.05, 0) is 56.3 Å². The Bertz CT molecular complexity index is 858. The highest BCUT2D eigenvalue weighted by Gasteiger charge is 2.19. The zero-order valence-electron chi connectivity index (χ0n) is 16.9. The quantitative estimate of drug-likeness (QED) is 0.752. The highest BCUT2D eigenvalue weighted by Crippen LogP contribution is 2.29. The molecule has 0 spiro atoms. The van der Waals surface area contributed by atoms with Crippen molar-refractivity contribution >= 4 is 23.3 Å². The van der Waals surface area contributed by atoms with Crippen LogP contribution in [-0.2, 0) is 9.47 Å². The monoisotopic (exact) mass is 398 g/mol. The lowest BCUT2D eigenvalue weighted by molar-refractivity contribution is 0.0600. The van der Waals surface area contributed by atoms with Gasteiger partial charge in [0.1, 0.15) is 5.75 Å². The second kappa shape index (κ2) is 9.43. The molecule has 1 amide bonds. The van der Waals surface area contributed by atoms with E-state index in [0.717, 1.165) is 5.69 Å². The van der Waals surface area contributed by atoms with E-state index >= 15 is 0 Å². The Morgan fingerprint density at radius 1 is 1.03 bits per heavy atom. The second-order valence-electron chi connectivity index (χ2n) is 6.97. The third kappa shape index (κ3) is 5.26. The van der Waals surface area contributed by atoms with E-state index in [-0.39, 0.29) is 12.0 Å². The van der Waals surface area contributed by atoms with Gasteiger partial charge in [-0.3, -0.25) is 4.79 Å². The van der Waals surface area contributed by atoms with Crippen molar-refractivity contribution in [3.63, 3.8) is 0 Å². The number of anilines is 2. The number of morpholine rings is 1. The van der Waals surface area contributed by atoms with Crippen LogP contribution in [0, 0.1) is 0 Å². The molecule has 7 nitrogen and oxygen atoms in total. The van der Waals surface area contributed by atoms with Gasteiger partial charge in [0.15, 0.2) is 0 Å². The number of carbonyl (C=O) groups excluding carboxylic acids is 2. The number of ether oxygens (including phenoxy) is 3. The molecule has 1 aliphatic rings. The molecule has 0 aromatic heterocycles. The molecule has 1 fully saturated rings. The zero-order chi connectivity index (χ0) is 20.8. The molecule has 2 aromatic rings. The average Bonchev–Trinajstić information content (AvgIpc) is 2.73. The summed E-state index contributed by atoms with van der Waals surface area (Å²) in [7, 11) is 1.33. The molecule has 29 heavy (non-hydrogen) atoms. The van der Waals surface area contributed by atoms with E-state index in [2.05, 4.69) is 10.2 Å².